The Morgan fingerprint density at radius 3 is 2.66 bits per heavy atom. The van der Waals surface area contributed by atoms with Gasteiger partial charge in [-0.3, -0.25) is 14.9 Å². The number of carbonyl (C=O) groups excluding carboxylic acids is 2. The highest BCUT2D eigenvalue weighted by molar-refractivity contribution is 6.08. The predicted octanol–water partition coefficient (Wildman–Crippen LogP) is 2.16. The van der Waals surface area contributed by atoms with E-state index in [0.717, 1.165) is 13.0 Å². The van der Waals surface area contributed by atoms with Crippen molar-refractivity contribution >= 4 is 17.8 Å². The maximum absolute atomic E-state index is 12.9. The molecule has 0 saturated carbocycles. The van der Waals surface area contributed by atoms with Gasteiger partial charge in [0.15, 0.2) is 5.92 Å². The number of phenols is 1. The van der Waals surface area contributed by atoms with E-state index in [4.69, 9.17) is 9.73 Å². The van der Waals surface area contributed by atoms with Gasteiger partial charge in [0.25, 0.3) is 0 Å². The quantitative estimate of drug-likeness (QED) is 0.616. The number of carbonyl (C=O) groups is 2. The molecule has 0 aromatic heterocycles. The smallest absolute Gasteiger partial charge is 0.321 e. The molecule has 0 fully saturated rings. The van der Waals surface area contributed by atoms with Crippen LogP contribution in [0.15, 0.2) is 53.5 Å². The molecule has 4 rings (SSSR count). The number of nitrogens with one attached hydrogen (secondary N) is 1. The van der Waals surface area contributed by atoms with E-state index in [1.54, 1.807) is 19.1 Å². The summed E-state index contributed by atoms with van der Waals surface area (Å²) in [6.45, 7) is 3.25. The molecule has 7 nitrogen and oxygen atoms in total. The van der Waals surface area contributed by atoms with Gasteiger partial charge >= 0.3 is 5.97 Å². The zero-order chi connectivity index (χ0) is 20.4. The third kappa shape index (κ3) is 3.81. The van der Waals surface area contributed by atoms with Crippen molar-refractivity contribution in [3.05, 3.63) is 65.2 Å². The van der Waals surface area contributed by atoms with E-state index in [2.05, 4.69) is 17.4 Å². The highest BCUT2D eigenvalue weighted by Gasteiger charge is 2.42. The Balaban J connectivity index is 1.68. The Morgan fingerprint density at radius 1 is 1.21 bits per heavy atom. The highest BCUT2D eigenvalue weighted by atomic mass is 16.5. The average Bonchev–Trinajstić information content (AvgIpc) is 2.73. The Morgan fingerprint density at radius 2 is 1.93 bits per heavy atom. The number of rotatable bonds is 3. The standard InChI is InChI=1S/C22H23N3O4/c1-2-29-21(28)18-19(15-7-9-17(26)10-8-15)23-22(24-20(18)27)25-12-11-14-5-3-4-6-16(14)13-25/h3-10,18-19,26H,2,11-13H2,1H3,(H,23,24,27). The second-order valence-corrected chi connectivity index (χ2v) is 7.15. The molecule has 0 radical (unpaired) electrons. The van der Waals surface area contributed by atoms with Crippen molar-refractivity contribution in [1.82, 2.24) is 10.2 Å². The molecule has 7 heteroatoms. The van der Waals surface area contributed by atoms with Crippen LogP contribution in [0.3, 0.4) is 0 Å². The summed E-state index contributed by atoms with van der Waals surface area (Å²) in [6, 6.07) is 13.9. The Bertz CT molecular complexity index is 955. The van der Waals surface area contributed by atoms with Crippen LogP contribution in [0.2, 0.25) is 0 Å². The molecule has 1 amide bonds. The van der Waals surface area contributed by atoms with Gasteiger partial charge in [0.05, 0.1) is 6.61 Å². The van der Waals surface area contributed by atoms with Gasteiger partial charge in [-0.25, -0.2) is 4.99 Å². The van der Waals surface area contributed by atoms with Crippen molar-refractivity contribution in [2.45, 2.75) is 25.9 Å². The number of hydrogen-bond donors (Lipinski definition) is 2. The van der Waals surface area contributed by atoms with Crippen molar-refractivity contribution in [2.75, 3.05) is 13.2 Å². The lowest BCUT2D eigenvalue weighted by Gasteiger charge is -2.36. The van der Waals surface area contributed by atoms with E-state index in [9.17, 15) is 14.7 Å². The largest absolute Gasteiger partial charge is 0.508 e. The van der Waals surface area contributed by atoms with E-state index < -0.39 is 23.8 Å². The van der Waals surface area contributed by atoms with Crippen LogP contribution in [-0.2, 0) is 27.3 Å². The number of ether oxygens (including phenoxy) is 1. The van der Waals surface area contributed by atoms with Crippen molar-refractivity contribution in [3.63, 3.8) is 0 Å². The van der Waals surface area contributed by atoms with Crippen molar-refractivity contribution in [1.29, 1.82) is 0 Å². The monoisotopic (exact) mass is 393 g/mol. The third-order valence-corrected chi connectivity index (χ3v) is 5.30. The summed E-state index contributed by atoms with van der Waals surface area (Å²) in [6.07, 6.45) is 0.857. The first-order valence-electron chi connectivity index (χ1n) is 9.72. The highest BCUT2D eigenvalue weighted by Crippen LogP contribution is 2.32. The first-order chi connectivity index (χ1) is 14.1. The number of benzene rings is 2. The second kappa shape index (κ2) is 7.95. The molecular weight excluding hydrogens is 370 g/mol. The molecular formula is C22H23N3O4. The molecule has 0 spiro atoms. The molecule has 0 bridgehead atoms. The number of phenolic OH excluding ortho intramolecular Hbond substituents is 1. The normalized spacial score (nSPS) is 21.1. The number of fused-ring (bicyclic) bond motifs is 1. The number of aromatic hydroxyl groups is 1. The van der Waals surface area contributed by atoms with Crippen LogP contribution in [0.1, 0.15) is 29.7 Å². The second-order valence-electron chi connectivity index (χ2n) is 7.15. The molecule has 2 aromatic rings. The van der Waals surface area contributed by atoms with Gasteiger partial charge in [0.1, 0.15) is 11.8 Å². The summed E-state index contributed by atoms with van der Waals surface area (Å²) >= 11 is 0. The lowest BCUT2D eigenvalue weighted by Crippen LogP contribution is -2.53. The van der Waals surface area contributed by atoms with E-state index in [-0.39, 0.29) is 12.4 Å². The van der Waals surface area contributed by atoms with Gasteiger partial charge in [-0.2, -0.15) is 0 Å². The van der Waals surface area contributed by atoms with Gasteiger partial charge < -0.3 is 14.7 Å². The summed E-state index contributed by atoms with van der Waals surface area (Å²) in [5.41, 5.74) is 3.17. The number of guanidine groups is 1. The minimum absolute atomic E-state index is 0.110. The number of aliphatic imine (C=N–C) groups is 1. The van der Waals surface area contributed by atoms with E-state index >= 15 is 0 Å². The van der Waals surface area contributed by atoms with Crippen LogP contribution in [0, 0.1) is 5.92 Å². The van der Waals surface area contributed by atoms with E-state index in [1.165, 1.54) is 23.3 Å². The number of nitrogens with zero attached hydrogens (tertiary/aromatic N) is 2. The fraction of sp³-hybridized carbons (Fsp3) is 0.318. The number of esters is 1. The van der Waals surface area contributed by atoms with Crippen molar-refractivity contribution in [2.24, 2.45) is 10.9 Å². The maximum atomic E-state index is 12.9. The van der Waals surface area contributed by atoms with Crippen LogP contribution in [0.4, 0.5) is 0 Å². The zero-order valence-corrected chi connectivity index (χ0v) is 16.2. The average molecular weight is 393 g/mol. The molecule has 29 heavy (non-hydrogen) atoms. The summed E-state index contributed by atoms with van der Waals surface area (Å²) in [4.78, 5) is 32.1. The lowest BCUT2D eigenvalue weighted by molar-refractivity contribution is -0.153. The first-order valence-corrected chi connectivity index (χ1v) is 9.72. The summed E-state index contributed by atoms with van der Waals surface area (Å²) in [7, 11) is 0. The zero-order valence-electron chi connectivity index (χ0n) is 16.2. The van der Waals surface area contributed by atoms with Gasteiger partial charge in [0.2, 0.25) is 11.9 Å². The van der Waals surface area contributed by atoms with E-state index in [1.807, 2.05) is 17.0 Å². The van der Waals surface area contributed by atoms with Crippen LogP contribution < -0.4 is 5.32 Å². The lowest BCUT2D eigenvalue weighted by atomic mass is 9.91. The van der Waals surface area contributed by atoms with Gasteiger partial charge in [0, 0.05) is 13.1 Å². The molecule has 2 heterocycles. The van der Waals surface area contributed by atoms with Crippen molar-refractivity contribution in [3.8, 4) is 5.75 Å². The Hall–Kier alpha value is -3.35. The first kappa shape index (κ1) is 19.0. The van der Waals surface area contributed by atoms with Gasteiger partial charge in [-0.1, -0.05) is 36.4 Å². The summed E-state index contributed by atoms with van der Waals surface area (Å²) < 4.78 is 5.12. The topological polar surface area (TPSA) is 91.2 Å². The van der Waals surface area contributed by atoms with Crippen LogP contribution in [0.25, 0.3) is 0 Å². The maximum Gasteiger partial charge on any atom is 0.321 e. The molecule has 0 aliphatic carbocycles. The molecule has 150 valence electrons. The minimum atomic E-state index is -1.07. The summed E-state index contributed by atoms with van der Waals surface area (Å²) in [5, 5.41) is 12.4. The molecule has 2 aromatic carbocycles. The fourth-order valence-electron chi connectivity index (χ4n) is 3.81. The molecule has 2 aliphatic heterocycles. The number of amides is 1. The van der Waals surface area contributed by atoms with Crippen LogP contribution >= 0.6 is 0 Å². The Labute approximate surface area is 169 Å². The molecule has 2 aliphatic rings. The molecule has 2 N–H and O–H groups in total. The van der Waals surface area contributed by atoms with Gasteiger partial charge in [-0.05, 0) is 42.2 Å². The minimum Gasteiger partial charge on any atom is -0.508 e. The number of hydrogen-bond acceptors (Lipinski definition) is 6. The predicted molar refractivity (Wildman–Crippen MR) is 107 cm³/mol. The Kier molecular flexibility index (Phi) is 5.20. The van der Waals surface area contributed by atoms with E-state index in [0.29, 0.717) is 18.1 Å². The van der Waals surface area contributed by atoms with Crippen molar-refractivity contribution < 1.29 is 19.4 Å². The molecule has 2 unspecified atom stereocenters. The van der Waals surface area contributed by atoms with Crippen LogP contribution in [0.5, 0.6) is 5.75 Å². The third-order valence-electron chi connectivity index (χ3n) is 5.30. The fourth-order valence-corrected chi connectivity index (χ4v) is 3.81. The van der Waals surface area contributed by atoms with Gasteiger partial charge in [-0.15, -0.1) is 0 Å². The molecule has 0 saturated heterocycles. The SMILES string of the molecule is CCOC(=O)C1C(=O)NC(N2CCc3ccccc3C2)=NC1c1ccc(O)cc1. The van der Waals surface area contributed by atoms with Crippen LogP contribution in [-0.4, -0.2) is 41.0 Å². The molecule has 2 atom stereocenters. The summed E-state index contributed by atoms with van der Waals surface area (Å²) in [5.74, 6) is -1.53.